The number of nitrogens with two attached hydrogens (primary N) is 1. The van der Waals surface area contributed by atoms with Crippen molar-refractivity contribution in [2.24, 2.45) is 5.84 Å². The van der Waals surface area contributed by atoms with Gasteiger partial charge in [-0.05, 0) is 13.3 Å². The highest BCUT2D eigenvalue weighted by Gasteiger charge is 2.15. The van der Waals surface area contributed by atoms with Crippen LogP contribution in [0.4, 0.5) is 5.82 Å². The second-order valence-electron chi connectivity index (χ2n) is 4.15. The molecule has 0 aromatic carbocycles. The Bertz CT molecular complexity index is 599. The average molecular weight is 292 g/mol. The van der Waals surface area contributed by atoms with Crippen LogP contribution in [-0.4, -0.2) is 20.9 Å². The third kappa shape index (κ3) is 3.28. The quantitative estimate of drug-likeness (QED) is 0.566. The lowest BCUT2D eigenvalue weighted by molar-refractivity contribution is 0.0934. The molecule has 0 radical (unpaired) electrons. The minimum absolute atomic E-state index is 0.177. The van der Waals surface area contributed by atoms with E-state index < -0.39 is 0 Å². The molecule has 4 N–H and O–H groups in total. The Hall–Kier alpha value is -2.06. The van der Waals surface area contributed by atoms with Gasteiger partial charge in [-0.3, -0.25) is 9.78 Å². The molecule has 1 atom stereocenters. The molecule has 2 aromatic heterocycles. The molecule has 2 rings (SSSR count). The fourth-order valence-corrected chi connectivity index (χ4v) is 2.42. The number of carbonyl (C=O) groups excluding carboxylic acids is 1. The average Bonchev–Trinajstić information content (AvgIpc) is 2.96. The van der Waals surface area contributed by atoms with Crippen LogP contribution < -0.4 is 16.6 Å². The van der Waals surface area contributed by atoms with E-state index >= 15 is 0 Å². The van der Waals surface area contributed by atoms with E-state index in [1.165, 1.54) is 17.3 Å². The van der Waals surface area contributed by atoms with Crippen molar-refractivity contribution in [2.45, 2.75) is 26.3 Å². The van der Waals surface area contributed by atoms with Gasteiger partial charge in [0.15, 0.2) is 5.82 Å². The summed E-state index contributed by atoms with van der Waals surface area (Å²) < 4.78 is 0. The molecule has 2 aromatic rings. The third-order valence-corrected chi connectivity index (χ3v) is 3.98. The van der Waals surface area contributed by atoms with Crippen LogP contribution in [0.2, 0.25) is 0 Å². The maximum atomic E-state index is 12.1. The van der Waals surface area contributed by atoms with Crippen molar-refractivity contribution in [3.63, 3.8) is 0 Å². The van der Waals surface area contributed by atoms with Gasteiger partial charge in [0.1, 0.15) is 10.7 Å². The fraction of sp³-hybridized carbons (Fsp3) is 0.333. The van der Waals surface area contributed by atoms with Crippen molar-refractivity contribution in [3.05, 3.63) is 34.2 Å². The molecule has 1 unspecified atom stereocenters. The predicted octanol–water partition coefficient (Wildman–Crippen LogP) is 1.27. The number of hydrogen-bond donors (Lipinski definition) is 3. The largest absolute Gasteiger partial charge is 0.342 e. The fourth-order valence-electron chi connectivity index (χ4n) is 1.56. The number of aryl methyl sites for hydroxylation is 1. The monoisotopic (exact) mass is 292 g/mol. The first-order chi connectivity index (χ1) is 9.63. The molecule has 0 spiro atoms. The molecular formula is C12H16N6OS. The van der Waals surface area contributed by atoms with Crippen molar-refractivity contribution < 1.29 is 4.79 Å². The van der Waals surface area contributed by atoms with E-state index in [0.717, 1.165) is 11.4 Å². The summed E-state index contributed by atoms with van der Waals surface area (Å²) in [6, 6.07) is -0.177. The minimum atomic E-state index is -0.310. The van der Waals surface area contributed by atoms with Crippen molar-refractivity contribution in [3.8, 4) is 0 Å². The zero-order chi connectivity index (χ0) is 14.5. The Kier molecular flexibility index (Phi) is 4.59. The number of aromatic nitrogens is 3. The van der Waals surface area contributed by atoms with Crippen molar-refractivity contribution in [1.82, 2.24) is 20.3 Å². The van der Waals surface area contributed by atoms with Crippen LogP contribution >= 0.6 is 11.3 Å². The molecule has 0 aliphatic carbocycles. The molecular weight excluding hydrogens is 276 g/mol. The number of hydrazine groups is 1. The van der Waals surface area contributed by atoms with Crippen LogP contribution in [0.15, 0.2) is 18.6 Å². The smallest absolute Gasteiger partial charge is 0.272 e. The molecule has 20 heavy (non-hydrogen) atoms. The number of nitrogens with one attached hydrogen (secondary N) is 2. The highest BCUT2D eigenvalue weighted by molar-refractivity contribution is 7.11. The van der Waals surface area contributed by atoms with E-state index in [1.54, 1.807) is 11.3 Å². The number of nitrogen functional groups attached to an aromatic ring is 1. The first-order valence-corrected chi connectivity index (χ1v) is 6.99. The Morgan fingerprint density at radius 1 is 1.45 bits per heavy atom. The molecule has 106 valence electrons. The molecule has 0 saturated carbocycles. The van der Waals surface area contributed by atoms with Gasteiger partial charge in [-0.1, -0.05) is 6.92 Å². The second kappa shape index (κ2) is 6.40. The summed E-state index contributed by atoms with van der Waals surface area (Å²) in [5.74, 6) is 5.27. The van der Waals surface area contributed by atoms with Gasteiger partial charge in [0, 0.05) is 11.1 Å². The summed E-state index contributed by atoms with van der Waals surface area (Å²) >= 11 is 1.59. The lowest BCUT2D eigenvalue weighted by atomic mass is 10.3. The second-order valence-corrected chi connectivity index (χ2v) is 5.29. The lowest BCUT2D eigenvalue weighted by Crippen LogP contribution is -2.27. The lowest BCUT2D eigenvalue weighted by Gasteiger charge is -2.11. The number of rotatable bonds is 5. The number of amides is 1. The van der Waals surface area contributed by atoms with E-state index in [1.807, 2.05) is 13.1 Å². The number of carbonyl (C=O) groups is 1. The van der Waals surface area contributed by atoms with Gasteiger partial charge in [-0.15, -0.1) is 11.3 Å². The van der Waals surface area contributed by atoms with E-state index in [2.05, 4.69) is 32.6 Å². The molecule has 0 bridgehead atoms. The van der Waals surface area contributed by atoms with Gasteiger partial charge < -0.3 is 10.7 Å². The van der Waals surface area contributed by atoms with E-state index in [0.29, 0.717) is 5.82 Å². The zero-order valence-corrected chi connectivity index (χ0v) is 12.1. The molecule has 0 saturated heterocycles. The van der Waals surface area contributed by atoms with Crippen molar-refractivity contribution >= 4 is 23.1 Å². The maximum Gasteiger partial charge on any atom is 0.272 e. The normalized spacial score (nSPS) is 11.9. The van der Waals surface area contributed by atoms with Gasteiger partial charge in [0.2, 0.25) is 0 Å². The van der Waals surface area contributed by atoms with Crippen LogP contribution in [0.5, 0.6) is 0 Å². The third-order valence-electron chi connectivity index (χ3n) is 2.65. The Balaban J connectivity index is 2.06. The molecule has 7 nitrogen and oxygen atoms in total. The van der Waals surface area contributed by atoms with E-state index in [9.17, 15) is 4.79 Å². The topological polar surface area (TPSA) is 106 Å². The highest BCUT2D eigenvalue weighted by Crippen LogP contribution is 2.20. The Morgan fingerprint density at radius 3 is 2.90 bits per heavy atom. The molecule has 2 heterocycles. The summed E-state index contributed by atoms with van der Waals surface area (Å²) in [6.07, 6.45) is 5.60. The van der Waals surface area contributed by atoms with Crippen molar-refractivity contribution in [2.75, 3.05) is 5.43 Å². The number of anilines is 1. The number of hydrogen-bond acceptors (Lipinski definition) is 7. The van der Waals surface area contributed by atoms with Crippen LogP contribution in [0, 0.1) is 0 Å². The zero-order valence-electron chi connectivity index (χ0n) is 11.3. The first-order valence-electron chi connectivity index (χ1n) is 6.18. The van der Waals surface area contributed by atoms with Gasteiger partial charge in [0.25, 0.3) is 5.91 Å². The van der Waals surface area contributed by atoms with Gasteiger partial charge in [-0.25, -0.2) is 15.8 Å². The van der Waals surface area contributed by atoms with Gasteiger partial charge in [-0.2, -0.15) is 0 Å². The van der Waals surface area contributed by atoms with Crippen LogP contribution in [-0.2, 0) is 6.42 Å². The first kappa shape index (κ1) is 14.4. The van der Waals surface area contributed by atoms with Gasteiger partial charge in [0.05, 0.1) is 18.4 Å². The van der Waals surface area contributed by atoms with Crippen molar-refractivity contribution in [1.29, 1.82) is 0 Å². The summed E-state index contributed by atoms with van der Waals surface area (Å²) in [4.78, 5) is 25.5. The SMILES string of the molecule is CCc1cnc(C(C)NC(=O)c2cncc(NN)n2)s1. The Labute approximate surface area is 120 Å². The maximum absolute atomic E-state index is 12.1. The number of thiazole rings is 1. The molecule has 8 heteroatoms. The minimum Gasteiger partial charge on any atom is -0.342 e. The van der Waals surface area contributed by atoms with Gasteiger partial charge >= 0.3 is 0 Å². The van der Waals surface area contributed by atoms with E-state index in [4.69, 9.17) is 5.84 Å². The van der Waals surface area contributed by atoms with Crippen LogP contribution in [0.25, 0.3) is 0 Å². The number of nitrogens with zero attached hydrogens (tertiary/aromatic N) is 3. The molecule has 0 aliphatic rings. The summed E-state index contributed by atoms with van der Waals surface area (Å²) in [5.41, 5.74) is 2.56. The van der Waals surface area contributed by atoms with E-state index in [-0.39, 0.29) is 17.6 Å². The molecule has 0 fully saturated rings. The predicted molar refractivity (Wildman–Crippen MR) is 77.2 cm³/mol. The highest BCUT2D eigenvalue weighted by atomic mass is 32.1. The van der Waals surface area contributed by atoms with Crippen LogP contribution in [0.3, 0.4) is 0 Å². The van der Waals surface area contributed by atoms with Crippen LogP contribution in [0.1, 0.15) is 40.3 Å². The Morgan fingerprint density at radius 2 is 2.25 bits per heavy atom. The molecule has 0 aliphatic heterocycles. The molecule has 1 amide bonds. The summed E-state index contributed by atoms with van der Waals surface area (Å²) in [6.45, 7) is 3.95. The standard InChI is InChI=1S/C12H16N6OS/c1-3-8-4-15-12(20-8)7(2)16-11(19)9-5-14-6-10(17-9)18-13/h4-7H,3,13H2,1-2H3,(H,16,19)(H,17,18). The summed E-state index contributed by atoms with van der Waals surface area (Å²) in [5, 5.41) is 3.71. The summed E-state index contributed by atoms with van der Waals surface area (Å²) in [7, 11) is 0.